The first-order valence-electron chi connectivity index (χ1n) is 5.98. The van der Waals surface area contributed by atoms with Crippen molar-refractivity contribution in [2.75, 3.05) is 0 Å². The summed E-state index contributed by atoms with van der Waals surface area (Å²) in [5.41, 5.74) is 2.93. The first kappa shape index (κ1) is 12.7. The van der Waals surface area contributed by atoms with Crippen LogP contribution in [-0.4, -0.2) is 5.11 Å². The molecule has 1 unspecified atom stereocenters. The average Bonchev–Trinajstić information content (AvgIpc) is 2.93. The molecule has 0 amide bonds. The Balaban J connectivity index is 2.06. The van der Waals surface area contributed by atoms with Gasteiger partial charge in [-0.25, -0.2) is 0 Å². The van der Waals surface area contributed by atoms with Crippen LogP contribution < -0.4 is 0 Å². The van der Waals surface area contributed by atoms with Crippen LogP contribution >= 0.6 is 22.9 Å². The van der Waals surface area contributed by atoms with E-state index in [4.69, 9.17) is 16.0 Å². The fraction of sp³-hybridized carbons (Fsp3) is 0.200. The number of rotatable bonds is 2. The SMILES string of the molecule is Cc1ccc2oc(C(O)c3scc(C)c3Cl)cc2c1. The molecule has 1 atom stereocenters. The maximum Gasteiger partial charge on any atom is 0.147 e. The second-order valence-electron chi connectivity index (χ2n) is 4.69. The number of benzene rings is 1. The van der Waals surface area contributed by atoms with Gasteiger partial charge >= 0.3 is 0 Å². The molecule has 0 saturated carbocycles. The molecule has 2 nitrogen and oxygen atoms in total. The van der Waals surface area contributed by atoms with Crippen molar-refractivity contribution in [1.29, 1.82) is 0 Å². The lowest BCUT2D eigenvalue weighted by molar-refractivity contribution is 0.196. The largest absolute Gasteiger partial charge is 0.458 e. The number of hydrogen-bond acceptors (Lipinski definition) is 3. The molecule has 0 spiro atoms. The third-order valence-electron chi connectivity index (χ3n) is 3.13. The van der Waals surface area contributed by atoms with E-state index >= 15 is 0 Å². The quantitative estimate of drug-likeness (QED) is 0.733. The molecule has 19 heavy (non-hydrogen) atoms. The van der Waals surface area contributed by atoms with Crippen LogP contribution in [0.3, 0.4) is 0 Å². The molecule has 1 aromatic carbocycles. The van der Waals surface area contributed by atoms with Gasteiger partial charge in [0.05, 0.1) is 9.90 Å². The molecule has 2 aromatic heterocycles. The fourth-order valence-corrected chi connectivity index (χ4v) is 3.37. The Bertz CT molecular complexity index is 742. The van der Waals surface area contributed by atoms with E-state index in [-0.39, 0.29) is 0 Å². The topological polar surface area (TPSA) is 33.4 Å². The van der Waals surface area contributed by atoms with Crippen molar-refractivity contribution in [3.8, 4) is 0 Å². The molecule has 4 heteroatoms. The number of aryl methyl sites for hydroxylation is 2. The van der Waals surface area contributed by atoms with Gasteiger partial charge in [0.25, 0.3) is 0 Å². The molecule has 0 radical (unpaired) electrons. The second-order valence-corrected chi connectivity index (χ2v) is 5.98. The van der Waals surface area contributed by atoms with E-state index in [9.17, 15) is 5.11 Å². The second kappa shape index (κ2) is 4.67. The average molecular weight is 293 g/mol. The molecule has 0 aliphatic carbocycles. The first-order chi connectivity index (χ1) is 9.06. The summed E-state index contributed by atoms with van der Waals surface area (Å²) in [5.74, 6) is 0.532. The Morgan fingerprint density at radius 2 is 2.05 bits per heavy atom. The minimum Gasteiger partial charge on any atom is -0.458 e. The number of aliphatic hydroxyl groups is 1. The zero-order valence-electron chi connectivity index (χ0n) is 10.6. The lowest BCUT2D eigenvalue weighted by atomic mass is 10.1. The van der Waals surface area contributed by atoms with Crippen LogP contribution in [0.15, 0.2) is 34.1 Å². The number of hydrogen-bond donors (Lipinski definition) is 1. The molecule has 0 aliphatic rings. The summed E-state index contributed by atoms with van der Waals surface area (Å²) < 4.78 is 5.70. The molecule has 0 aliphatic heterocycles. The third kappa shape index (κ3) is 2.18. The van der Waals surface area contributed by atoms with Crippen LogP contribution in [0, 0.1) is 13.8 Å². The van der Waals surface area contributed by atoms with Crippen LogP contribution in [0.4, 0.5) is 0 Å². The van der Waals surface area contributed by atoms with Gasteiger partial charge in [0.2, 0.25) is 0 Å². The number of fused-ring (bicyclic) bond motifs is 1. The van der Waals surface area contributed by atoms with Gasteiger partial charge in [0, 0.05) is 5.39 Å². The number of furan rings is 1. The molecule has 0 fully saturated rings. The highest BCUT2D eigenvalue weighted by atomic mass is 35.5. The van der Waals surface area contributed by atoms with Crippen molar-refractivity contribution in [1.82, 2.24) is 0 Å². The lowest BCUT2D eigenvalue weighted by Gasteiger charge is -2.05. The van der Waals surface area contributed by atoms with E-state index in [1.807, 2.05) is 43.5 Å². The normalized spacial score (nSPS) is 13.1. The lowest BCUT2D eigenvalue weighted by Crippen LogP contribution is -1.95. The molecule has 3 rings (SSSR count). The molecule has 0 bridgehead atoms. The third-order valence-corrected chi connectivity index (χ3v) is 4.90. The van der Waals surface area contributed by atoms with Crippen LogP contribution in [-0.2, 0) is 0 Å². The Morgan fingerprint density at radius 1 is 1.26 bits per heavy atom. The summed E-state index contributed by atoms with van der Waals surface area (Å²) in [6.45, 7) is 3.96. The van der Waals surface area contributed by atoms with Gasteiger partial charge in [-0.15, -0.1) is 11.3 Å². The van der Waals surface area contributed by atoms with Crippen molar-refractivity contribution in [3.05, 3.63) is 56.4 Å². The van der Waals surface area contributed by atoms with E-state index in [1.54, 1.807) is 0 Å². The van der Waals surface area contributed by atoms with Gasteiger partial charge in [0.1, 0.15) is 17.4 Å². The number of aliphatic hydroxyl groups excluding tert-OH is 1. The van der Waals surface area contributed by atoms with Crippen molar-refractivity contribution in [2.24, 2.45) is 0 Å². The van der Waals surface area contributed by atoms with E-state index in [2.05, 4.69) is 0 Å². The fourth-order valence-electron chi connectivity index (χ4n) is 2.08. The van der Waals surface area contributed by atoms with Crippen molar-refractivity contribution in [3.63, 3.8) is 0 Å². The van der Waals surface area contributed by atoms with Gasteiger partial charge in [-0.1, -0.05) is 23.2 Å². The summed E-state index contributed by atoms with van der Waals surface area (Å²) in [7, 11) is 0. The zero-order chi connectivity index (χ0) is 13.6. The highest BCUT2D eigenvalue weighted by Crippen LogP contribution is 2.37. The highest BCUT2D eigenvalue weighted by Gasteiger charge is 2.21. The Morgan fingerprint density at radius 3 is 2.74 bits per heavy atom. The summed E-state index contributed by atoms with van der Waals surface area (Å²) in [4.78, 5) is 0.731. The van der Waals surface area contributed by atoms with Crippen molar-refractivity contribution < 1.29 is 9.52 Å². The monoisotopic (exact) mass is 292 g/mol. The molecule has 3 aromatic rings. The van der Waals surface area contributed by atoms with Crippen molar-refractivity contribution >= 4 is 33.9 Å². The van der Waals surface area contributed by atoms with Crippen LogP contribution in [0.1, 0.15) is 27.9 Å². The highest BCUT2D eigenvalue weighted by molar-refractivity contribution is 7.10. The minimum absolute atomic E-state index is 0.532. The first-order valence-corrected chi connectivity index (χ1v) is 7.23. The molecular weight excluding hydrogens is 280 g/mol. The predicted molar refractivity (Wildman–Crippen MR) is 79.1 cm³/mol. The molecular formula is C15H13ClO2S. The Labute approximate surface area is 120 Å². The van der Waals surface area contributed by atoms with Crippen molar-refractivity contribution in [2.45, 2.75) is 20.0 Å². The van der Waals surface area contributed by atoms with Gasteiger partial charge in [0.15, 0.2) is 0 Å². The summed E-state index contributed by atoms with van der Waals surface area (Å²) in [5, 5.41) is 13.9. The minimum atomic E-state index is -0.807. The van der Waals surface area contributed by atoms with Gasteiger partial charge in [-0.3, -0.25) is 0 Å². The smallest absolute Gasteiger partial charge is 0.147 e. The van der Waals surface area contributed by atoms with Gasteiger partial charge in [-0.05, 0) is 43.0 Å². The van der Waals surface area contributed by atoms with E-state index in [0.29, 0.717) is 10.8 Å². The summed E-state index contributed by atoms with van der Waals surface area (Å²) in [6, 6.07) is 7.82. The molecule has 0 saturated heterocycles. The van der Waals surface area contributed by atoms with E-state index in [1.165, 1.54) is 16.9 Å². The zero-order valence-corrected chi connectivity index (χ0v) is 12.2. The van der Waals surface area contributed by atoms with Crippen LogP contribution in [0.5, 0.6) is 0 Å². The number of thiophene rings is 1. The van der Waals surface area contributed by atoms with E-state index in [0.717, 1.165) is 21.4 Å². The molecule has 2 heterocycles. The Hall–Kier alpha value is -1.29. The predicted octanol–water partition coefficient (Wildman–Crippen LogP) is 4.85. The number of halogens is 1. The molecule has 98 valence electrons. The summed E-state index contributed by atoms with van der Waals surface area (Å²) >= 11 is 7.64. The van der Waals surface area contributed by atoms with Gasteiger partial charge in [-0.2, -0.15) is 0 Å². The molecule has 1 N–H and O–H groups in total. The van der Waals surface area contributed by atoms with E-state index < -0.39 is 6.10 Å². The summed E-state index contributed by atoms with van der Waals surface area (Å²) in [6.07, 6.45) is -0.807. The standard InChI is InChI=1S/C15H13ClO2S/c1-8-3-4-11-10(5-8)6-12(18-11)14(17)15-13(16)9(2)7-19-15/h3-7,14,17H,1-2H3. The van der Waals surface area contributed by atoms with Gasteiger partial charge < -0.3 is 9.52 Å². The van der Waals surface area contributed by atoms with Crippen LogP contribution in [0.2, 0.25) is 5.02 Å². The van der Waals surface area contributed by atoms with Crippen LogP contribution in [0.25, 0.3) is 11.0 Å². The Kier molecular flexibility index (Phi) is 3.13. The maximum atomic E-state index is 10.4. The maximum absolute atomic E-state index is 10.4.